The zero-order chi connectivity index (χ0) is 12.4. The molecule has 0 aliphatic rings. The number of hydrogen-bond acceptors (Lipinski definition) is 3. The van der Waals surface area contributed by atoms with Crippen molar-refractivity contribution in [3.05, 3.63) is 18.0 Å². The predicted octanol–water partition coefficient (Wildman–Crippen LogP) is 2.53. The van der Waals surface area contributed by atoms with Crippen molar-refractivity contribution in [3.8, 4) is 11.5 Å². The number of halogens is 1. The van der Waals surface area contributed by atoms with E-state index in [0.717, 1.165) is 40.1 Å². The molecule has 1 heterocycles. The highest BCUT2D eigenvalue weighted by molar-refractivity contribution is 9.09. The second kappa shape index (κ2) is 4.96. The molecule has 17 heavy (non-hydrogen) atoms. The molecule has 0 amide bonds. The van der Waals surface area contributed by atoms with Crippen LogP contribution in [0.3, 0.4) is 0 Å². The Morgan fingerprint density at radius 1 is 1.24 bits per heavy atom. The van der Waals surface area contributed by atoms with Crippen LogP contribution in [0.5, 0.6) is 11.5 Å². The smallest absolute Gasteiger partial charge is 0.146 e. The van der Waals surface area contributed by atoms with Crippen molar-refractivity contribution in [2.45, 2.75) is 6.42 Å². The van der Waals surface area contributed by atoms with Gasteiger partial charge in [-0.3, -0.25) is 0 Å². The van der Waals surface area contributed by atoms with E-state index in [1.54, 1.807) is 14.2 Å². The lowest BCUT2D eigenvalue weighted by molar-refractivity contribution is 0.409. The van der Waals surface area contributed by atoms with Crippen LogP contribution in [-0.2, 0) is 13.5 Å². The van der Waals surface area contributed by atoms with Crippen LogP contribution < -0.4 is 9.47 Å². The van der Waals surface area contributed by atoms with Gasteiger partial charge in [0, 0.05) is 18.8 Å². The fourth-order valence-corrected chi connectivity index (χ4v) is 2.30. The number of fused-ring (bicyclic) bond motifs is 1. The van der Waals surface area contributed by atoms with Crippen LogP contribution in [0.1, 0.15) is 5.82 Å². The van der Waals surface area contributed by atoms with Gasteiger partial charge in [0.25, 0.3) is 0 Å². The molecule has 0 fully saturated rings. The summed E-state index contributed by atoms with van der Waals surface area (Å²) in [5.74, 6) is 2.61. The van der Waals surface area contributed by atoms with Gasteiger partial charge in [0.05, 0.1) is 14.2 Å². The minimum absolute atomic E-state index is 0.775. The summed E-state index contributed by atoms with van der Waals surface area (Å²) >= 11 is 3.43. The second-order valence-electron chi connectivity index (χ2n) is 3.69. The van der Waals surface area contributed by atoms with Crippen LogP contribution in [0.25, 0.3) is 11.0 Å². The lowest BCUT2D eigenvalue weighted by Gasteiger charge is -2.07. The highest BCUT2D eigenvalue weighted by Gasteiger charge is 2.15. The Labute approximate surface area is 109 Å². The van der Waals surface area contributed by atoms with E-state index in [-0.39, 0.29) is 0 Å². The molecule has 2 aromatic rings. The number of alkyl halides is 1. The molecule has 0 radical (unpaired) electrons. The standard InChI is InChI=1S/C12H15BrN2O2/c1-15-10(6-7-13)14-11-8(16-2)4-5-9(17-3)12(11)15/h4-5H,6-7H2,1-3H3/i7+1. The zero-order valence-electron chi connectivity index (χ0n) is 10.2. The van der Waals surface area contributed by atoms with Crippen molar-refractivity contribution in [1.82, 2.24) is 9.55 Å². The summed E-state index contributed by atoms with van der Waals surface area (Å²) in [6.45, 7) is 0. The SMILES string of the molecule is COc1ccc(OC)c2c1nc(C[13CH2]Br)n2C. The third kappa shape index (κ3) is 1.99. The fourth-order valence-electron chi connectivity index (χ4n) is 1.95. The summed E-state index contributed by atoms with van der Waals surface area (Å²) in [5, 5.41) is 0.884. The van der Waals surface area contributed by atoms with Crippen molar-refractivity contribution in [3.63, 3.8) is 0 Å². The van der Waals surface area contributed by atoms with Gasteiger partial charge in [-0.1, -0.05) is 15.9 Å². The van der Waals surface area contributed by atoms with E-state index >= 15 is 0 Å². The Kier molecular flexibility index (Phi) is 3.57. The van der Waals surface area contributed by atoms with Gasteiger partial charge in [-0.15, -0.1) is 0 Å². The van der Waals surface area contributed by atoms with Crippen LogP contribution in [0.2, 0.25) is 0 Å². The van der Waals surface area contributed by atoms with Crippen LogP contribution in [0, 0.1) is 0 Å². The van der Waals surface area contributed by atoms with Crippen molar-refractivity contribution in [2.75, 3.05) is 19.5 Å². The first-order chi connectivity index (χ1) is 8.22. The molecule has 0 N–H and O–H groups in total. The molecule has 0 saturated heterocycles. The van der Waals surface area contributed by atoms with Crippen molar-refractivity contribution >= 4 is 27.0 Å². The molecule has 0 atom stereocenters. The molecule has 0 saturated carbocycles. The molecule has 0 unspecified atom stereocenters. The number of methoxy groups -OCH3 is 2. The average molecular weight is 300 g/mol. The Balaban J connectivity index is 2.73. The van der Waals surface area contributed by atoms with Gasteiger partial charge < -0.3 is 14.0 Å². The largest absolute Gasteiger partial charge is 0.494 e. The molecule has 92 valence electrons. The van der Waals surface area contributed by atoms with Crippen LogP contribution >= 0.6 is 15.9 Å². The monoisotopic (exact) mass is 299 g/mol. The molecule has 5 heteroatoms. The molecule has 0 bridgehead atoms. The maximum absolute atomic E-state index is 5.37. The third-order valence-electron chi connectivity index (χ3n) is 2.80. The van der Waals surface area contributed by atoms with Gasteiger partial charge in [0.15, 0.2) is 0 Å². The molecule has 1 aromatic carbocycles. The van der Waals surface area contributed by atoms with E-state index in [4.69, 9.17) is 9.47 Å². The average Bonchev–Trinajstić information content (AvgIpc) is 2.67. The molecule has 0 aliphatic heterocycles. The quantitative estimate of drug-likeness (QED) is 0.643. The summed E-state index contributed by atoms with van der Waals surface area (Å²) < 4.78 is 12.8. The van der Waals surface area contributed by atoms with E-state index in [9.17, 15) is 0 Å². The molecule has 2 rings (SSSR count). The van der Waals surface area contributed by atoms with E-state index in [1.807, 2.05) is 19.2 Å². The van der Waals surface area contributed by atoms with Crippen molar-refractivity contribution in [2.24, 2.45) is 7.05 Å². The van der Waals surface area contributed by atoms with Gasteiger partial charge in [0.1, 0.15) is 28.4 Å². The summed E-state index contributed by atoms with van der Waals surface area (Å²) in [6.07, 6.45) is 0.873. The van der Waals surface area contributed by atoms with E-state index in [0.29, 0.717) is 0 Å². The predicted molar refractivity (Wildman–Crippen MR) is 71.3 cm³/mol. The van der Waals surface area contributed by atoms with Crippen LogP contribution in [-0.4, -0.2) is 29.1 Å². The van der Waals surface area contributed by atoms with E-state index < -0.39 is 0 Å². The molecular formula is C12H15BrN2O2. The number of imidazole rings is 1. The zero-order valence-corrected chi connectivity index (χ0v) is 11.7. The van der Waals surface area contributed by atoms with Gasteiger partial charge in [-0.2, -0.15) is 0 Å². The number of nitrogens with zero attached hydrogens (tertiary/aromatic N) is 2. The van der Waals surface area contributed by atoms with Gasteiger partial charge in [0.2, 0.25) is 0 Å². The minimum Gasteiger partial charge on any atom is -0.494 e. The number of ether oxygens (including phenoxy) is 2. The maximum atomic E-state index is 5.37. The summed E-state index contributed by atoms with van der Waals surface area (Å²) in [7, 11) is 5.31. The number of aryl methyl sites for hydroxylation is 2. The number of benzene rings is 1. The Hall–Kier alpha value is -1.23. The third-order valence-corrected chi connectivity index (χ3v) is 3.20. The molecule has 1 aromatic heterocycles. The number of rotatable bonds is 4. The highest BCUT2D eigenvalue weighted by atomic mass is 79.9. The first kappa shape index (κ1) is 12.2. The van der Waals surface area contributed by atoms with Crippen molar-refractivity contribution < 1.29 is 9.47 Å². The Bertz CT molecular complexity index is 537. The van der Waals surface area contributed by atoms with Crippen LogP contribution in [0.4, 0.5) is 0 Å². The van der Waals surface area contributed by atoms with Crippen molar-refractivity contribution in [1.29, 1.82) is 0 Å². The van der Waals surface area contributed by atoms with Gasteiger partial charge >= 0.3 is 0 Å². The molecule has 4 nitrogen and oxygen atoms in total. The minimum atomic E-state index is 0.775. The summed E-state index contributed by atoms with van der Waals surface area (Å²) in [6, 6.07) is 3.78. The summed E-state index contributed by atoms with van der Waals surface area (Å²) in [4.78, 5) is 4.61. The summed E-state index contributed by atoms with van der Waals surface area (Å²) in [5.41, 5.74) is 1.83. The lowest BCUT2D eigenvalue weighted by Crippen LogP contribution is -1.99. The highest BCUT2D eigenvalue weighted by Crippen LogP contribution is 2.32. The number of hydrogen-bond donors (Lipinski definition) is 0. The topological polar surface area (TPSA) is 36.3 Å². The molecule has 0 spiro atoms. The Morgan fingerprint density at radius 2 is 1.88 bits per heavy atom. The van der Waals surface area contributed by atoms with E-state index in [2.05, 4.69) is 25.5 Å². The van der Waals surface area contributed by atoms with E-state index in [1.165, 1.54) is 0 Å². The fraction of sp³-hybridized carbons (Fsp3) is 0.417. The van der Waals surface area contributed by atoms with Crippen LogP contribution in [0.15, 0.2) is 12.1 Å². The molecular weight excluding hydrogens is 285 g/mol. The lowest BCUT2D eigenvalue weighted by atomic mass is 10.2. The van der Waals surface area contributed by atoms with Gasteiger partial charge in [-0.05, 0) is 12.1 Å². The first-order valence-corrected chi connectivity index (χ1v) is 6.47. The first-order valence-electron chi connectivity index (χ1n) is 5.35. The maximum Gasteiger partial charge on any atom is 0.146 e. The normalized spacial score (nSPS) is 10.8. The van der Waals surface area contributed by atoms with Gasteiger partial charge in [-0.25, -0.2) is 4.98 Å². The Morgan fingerprint density at radius 3 is 2.47 bits per heavy atom. The number of aromatic nitrogens is 2. The second-order valence-corrected chi connectivity index (χ2v) is 4.49. The molecule has 0 aliphatic carbocycles.